The van der Waals surface area contributed by atoms with Gasteiger partial charge in [-0.25, -0.2) is 0 Å². The summed E-state index contributed by atoms with van der Waals surface area (Å²) in [5.41, 5.74) is 0.775. The van der Waals surface area contributed by atoms with Crippen LogP contribution in [0.15, 0.2) is 5.16 Å². The van der Waals surface area contributed by atoms with Gasteiger partial charge in [0.05, 0.1) is 5.71 Å². The maximum Gasteiger partial charge on any atom is 0.0679 e. The highest BCUT2D eigenvalue weighted by Gasteiger charge is 2.10. The molecule has 3 nitrogen and oxygen atoms in total. The lowest BCUT2D eigenvalue weighted by Crippen LogP contribution is -2.36. The fourth-order valence-electron chi connectivity index (χ4n) is 1.16. The van der Waals surface area contributed by atoms with Crippen LogP contribution in [0.4, 0.5) is 0 Å². The van der Waals surface area contributed by atoms with Crippen molar-refractivity contribution in [3.8, 4) is 0 Å². The Hall–Kier alpha value is -0.570. The highest BCUT2D eigenvalue weighted by Crippen LogP contribution is 2.02. The second kappa shape index (κ2) is 6.00. The number of oxime groups is 1. The minimum atomic E-state index is 0.562. The number of hydrogen-bond acceptors (Lipinski definition) is 3. The Labute approximate surface area is 75.1 Å². The quantitative estimate of drug-likeness (QED) is 0.391. The molecule has 3 heteroatoms. The van der Waals surface area contributed by atoms with Gasteiger partial charge in [-0.2, -0.15) is 0 Å². The molecule has 0 aliphatic heterocycles. The van der Waals surface area contributed by atoms with Crippen LogP contribution < -0.4 is 0 Å². The van der Waals surface area contributed by atoms with E-state index in [1.165, 1.54) is 0 Å². The van der Waals surface area contributed by atoms with Gasteiger partial charge in [0.15, 0.2) is 0 Å². The van der Waals surface area contributed by atoms with Crippen LogP contribution in [0.2, 0.25) is 0 Å². The number of nitrogens with zero attached hydrogens (tertiary/aromatic N) is 2. The molecular formula is C9H20N2O. The molecule has 1 unspecified atom stereocenters. The Kier molecular flexibility index (Phi) is 5.72. The van der Waals surface area contributed by atoms with Gasteiger partial charge in [-0.05, 0) is 26.8 Å². The Morgan fingerprint density at radius 2 is 2.08 bits per heavy atom. The molecule has 1 N–H and O–H groups in total. The second-order valence-electron chi connectivity index (χ2n) is 3.16. The van der Waals surface area contributed by atoms with E-state index in [2.05, 4.69) is 30.8 Å². The minimum absolute atomic E-state index is 0.562. The van der Waals surface area contributed by atoms with Crippen molar-refractivity contribution < 1.29 is 5.21 Å². The zero-order valence-electron chi connectivity index (χ0n) is 8.54. The maximum atomic E-state index is 8.49. The largest absolute Gasteiger partial charge is 0.411 e. The highest BCUT2D eigenvalue weighted by atomic mass is 16.4. The van der Waals surface area contributed by atoms with E-state index in [1.807, 2.05) is 6.92 Å². The highest BCUT2D eigenvalue weighted by molar-refractivity contribution is 5.83. The summed E-state index contributed by atoms with van der Waals surface area (Å²) in [4.78, 5) is 2.29. The third kappa shape index (κ3) is 3.72. The first-order valence-electron chi connectivity index (χ1n) is 4.57. The van der Waals surface area contributed by atoms with E-state index in [1.54, 1.807) is 0 Å². The monoisotopic (exact) mass is 172 g/mol. The molecule has 0 saturated heterocycles. The summed E-state index contributed by atoms with van der Waals surface area (Å²) in [6.45, 7) is 10.1. The van der Waals surface area contributed by atoms with Crippen LogP contribution in [0.3, 0.4) is 0 Å². The van der Waals surface area contributed by atoms with Gasteiger partial charge in [-0.1, -0.05) is 19.0 Å². The Balaban J connectivity index is 3.99. The van der Waals surface area contributed by atoms with Crippen LogP contribution in [0.5, 0.6) is 0 Å². The molecule has 0 rings (SSSR count). The normalized spacial score (nSPS) is 15.2. The van der Waals surface area contributed by atoms with E-state index in [4.69, 9.17) is 5.21 Å². The molecule has 72 valence electrons. The average molecular weight is 172 g/mol. The third-order valence-electron chi connectivity index (χ3n) is 2.22. The van der Waals surface area contributed by atoms with Gasteiger partial charge in [-0.15, -0.1) is 0 Å². The first kappa shape index (κ1) is 11.4. The predicted octanol–water partition coefficient (Wildman–Crippen LogP) is 1.96. The molecule has 0 aromatic carbocycles. The van der Waals surface area contributed by atoms with Gasteiger partial charge in [-0.3, -0.25) is 4.90 Å². The summed E-state index contributed by atoms with van der Waals surface area (Å²) >= 11 is 0. The lowest BCUT2D eigenvalue weighted by Gasteiger charge is -2.26. The molecule has 12 heavy (non-hydrogen) atoms. The van der Waals surface area contributed by atoms with Crippen LogP contribution in [-0.2, 0) is 0 Å². The first-order valence-corrected chi connectivity index (χ1v) is 4.57. The Morgan fingerprint density at radius 3 is 2.42 bits per heavy atom. The van der Waals surface area contributed by atoms with Crippen LogP contribution in [0, 0.1) is 0 Å². The molecule has 0 aliphatic carbocycles. The Morgan fingerprint density at radius 1 is 1.50 bits per heavy atom. The lowest BCUT2D eigenvalue weighted by molar-refractivity contribution is 0.240. The summed E-state index contributed by atoms with van der Waals surface area (Å²) in [5.74, 6) is 0. The van der Waals surface area contributed by atoms with Crippen LogP contribution in [-0.4, -0.2) is 35.0 Å². The van der Waals surface area contributed by atoms with E-state index in [9.17, 15) is 0 Å². The first-order chi connectivity index (χ1) is 5.65. The molecule has 0 amide bonds. The molecule has 0 heterocycles. The standard InChI is InChI=1S/C9H20N2O/c1-5-9(4)11(6-2)7-8(3)10-12/h9,12H,5-7H2,1-4H3/b10-8-. The van der Waals surface area contributed by atoms with Crippen LogP contribution in [0.1, 0.15) is 34.1 Å². The number of rotatable bonds is 5. The second-order valence-corrected chi connectivity index (χ2v) is 3.16. The van der Waals surface area contributed by atoms with E-state index < -0.39 is 0 Å². The summed E-state index contributed by atoms with van der Waals surface area (Å²) in [6, 6.07) is 0.562. The molecule has 0 aromatic rings. The zero-order valence-corrected chi connectivity index (χ0v) is 8.54. The molecule has 0 fully saturated rings. The summed E-state index contributed by atoms with van der Waals surface area (Å²) in [5, 5.41) is 11.7. The van der Waals surface area contributed by atoms with Gasteiger partial charge in [0.1, 0.15) is 0 Å². The van der Waals surface area contributed by atoms with Gasteiger partial charge < -0.3 is 5.21 Å². The van der Waals surface area contributed by atoms with Crippen molar-refractivity contribution in [1.29, 1.82) is 0 Å². The summed E-state index contributed by atoms with van der Waals surface area (Å²) < 4.78 is 0. The van der Waals surface area contributed by atoms with Crippen molar-refractivity contribution in [3.05, 3.63) is 0 Å². The van der Waals surface area contributed by atoms with Gasteiger partial charge >= 0.3 is 0 Å². The van der Waals surface area contributed by atoms with Crippen molar-refractivity contribution in [2.45, 2.75) is 40.2 Å². The molecule has 0 aromatic heterocycles. The van der Waals surface area contributed by atoms with Gasteiger partial charge in [0.25, 0.3) is 0 Å². The van der Waals surface area contributed by atoms with Gasteiger partial charge in [0.2, 0.25) is 0 Å². The molecular weight excluding hydrogens is 152 g/mol. The van der Waals surface area contributed by atoms with Crippen LogP contribution >= 0.6 is 0 Å². The smallest absolute Gasteiger partial charge is 0.0679 e. The molecule has 0 bridgehead atoms. The van der Waals surface area contributed by atoms with Crippen molar-refractivity contribution in [1.82, 2.24) is 4.90 Å². The molecule has 0 aliphatic rings. The zero-order chi connectivity index (χ0) is 9.56. The maximum absolute atomic E-state index is 8.49. The van der Waals surface area contributed by atoms with Gasteiger partial charge in [0, 0.05) is 12.6 Å². The predicted molar refractivity (Wildman–Crippen MR) is 51.9 cm³/mol. The molecule has 0 spiro atoms. The van der Waals surface area contributed by atoms with E-state index in [-0.39, 0.29) is 0 Å². The summed E-state index contributed by atoms with van der Waals surface area (Å²) in [7, 11) is 0. The lowest BCUT2D eigenvalue weighted by atomic mass is 10.2. The fourth-order valence-corrected chi connectivity index (χ4v) is 1.16. The van der Waals surface area contributed by atoms with E-state index in [0.29, 0.717) is 6.04 Å². The van der Waals surface area contributed by atoms with Crippen molar-refractivity contribution in [3.63, 3.8) is 0 Å². The molecule has 0 radical (unpaired) electrons. The van der Waals surface area contributed by atoms with Crippen molar-refractivity contribution in [2.24, 2.45) is 5.16 Å². The molecule has 0 saturated carbocycles. The Bertz CT molecular complexity index is 145. The molecule has 1 atom stereocenters. The topological polar surface area (TPSA) is 35.8 Å². The van der Waals surface area contributed by atoms with E-state index in [0.717, 1.165) is 25.2 Å². The minimum Gasteiger partial charge on any atom is -0.411 e. The van der Waals surface area contributed by atoms with Crippen molar-refractivity contribution >= 4 is 5.71 Å². The van der Waals surface area contributed by atoms with E-state index >= 15 is 0 Å². The summed E-state index contributed by atoms with van der Waals surface area (Å²) in [6.07, 6.45) is 1.13. The SMILES string of the molecule is CCC(C)N(CC)C/C(C)=N\O. The van der Waals surface area contributed by atoms with Crippen LogP contribution in [0.25, 0.3) is 0 Å². The van der Waals surface area contributed by atoms with Crippen molar-refractivity contribution in [2.75, 3.05) is 13.1 Å². The fraction of sp³-hybridized carbons (Fsp3) is 0.889. The average Bonchev–Trinajstić information content (AvgIpc) is 2.12. The number of hydrogen-bond donors (Lipinski definition) is 1. The third-order valence-corrected chi connectivity index (χ3v) is 2.22.